The van der Waals surface area contributed by atoms with Crippen molar-refractivity contribution in [3.05, 3.63) is 35.4 Å². The molecule has 0 saturated carbocycles. The summed E-state index contributed by atoms with van der Waals surface area (Å²) < 4.78 is -0.873. The lowest BCUT2D eigenvalue weighted by molar-refractivity contribution is -0.139. The third kappa shape index (κ3) is 2.84. The fourth-order valence-electron chi connectivity index (χ4n) is 1.16. The van der Waals surface area contributed by atoms with E-state index < -0.39 is 10.3 Å². The van der Waals surface area contributed by atoms with Crippen molar-refractivity contribution >= 4 is 21.9 Å². The van der Waals surface area contributed by atoms with Crippen LogP contribution in [0, 0.1) is 6.92 Å². The number of aliphatic carboxylic acids is 1. The molecular weight excluding hydrogens is 244 g/mol. The summed E-state index contributed by atoms with van der Waals surface area (Å²) in [7, 11) is 0. The molecule has 0 aromatic heterocycles. The summed E-state index contributed by atoms with van der Waals surface area (Å²) in [5.74, 6) is -0.835. The van der Waals surface area contributed by atoms with E-state index in [0.29, 0.717) is 6.42 Å². The quantitative estimate of drug-likeness (QED) is 0.845. The van der Waals surface area contributed by atoms with Crippen molar-refractivity contribution in [3.8, 4) is 0 Å². The van der Waals surface area contributed by atoms with E-state index in [1.54, 1.807) is 6.92 Å². The van der Waals surface area contributed by atoms with E-state index >= 15 is 0 Å². The van der Waals surface area contributed by atoms with Gasteiger partial charge in [-0.05, 0) is 25.8 Å². The lowest BCUT2D eigenvalue weighted by atomic mass is 10.0. The van der Waals surface area contributed by atoms with Crippen LogP contribution in [0.4, 0.5) is 0 Å². The Labute approximate surface area is 92.1 Å². The van der Waals surface area contributed by atoms with Crippen molar-refractivity contribution in [2.75, 3.05) is 0 Å². The Bertz CT molecular complexity index is 328. The molecule has 0 amide bonds. The van der Waals surface area contributed by atoms with Crippen LogP contribution in [0.1, 0.15) is 18.1 Å². The summed E-state index contributed by atoms with van der Waals surface area (Å²) in [6, 6.07) is 7.89. The molecule has 0 radical (unpaired) electrons. The van der Waals surface area contributed by atoms with E-state index in [1.165, 1.54) is 5.56 Å². The third-order valence-electron chi connectivity index (χ3n) is 2.10. The molecule has 1 aromatic carbocycles. The summed E-state index contributed by atoms with van der Waals surface area (Å²) >= 11 is 3.20. The van der Waals surface area contributed by atoms with Gasteiger partial charge in [-0.3, -0.25) is 4.79 Å². The molecule has 1 N–H and O–H groups in total. The van der Waals surface area contributed by atoms with E-state index in [1.807, 2.05) is 31.2 Å². The number of carboxylic acids is 1. The van der Waals surface area contributed by atoms with Crippen LogP contribution >= 0.6 is 15.9 Å². The predicted octanol–water partition coefficient (Wildman–Crippen LogP) is 2.78. The molecule has 1 unspecified atom stereocenters. The molecule has 0 saturated heterocycles. The molecule has 0 aliphatic carbocycles. The number of halogens is 1. The molecular formula is C11H13BrO2. The first-order valence-corrected chi connectivity index (χ1v) is 5.19. The molecule has 1 rings (SSSR count). The van der Waals surface area contributed by atoms with Gasteiger partial charge < -0.3 is 5.11 Å². The van der Waals surface area contributed by atoms with Gasteiger partial charge in [0.15, 0.2) is 0 Å². The Morgan fingerprint density at radius 2 is 1.93 bits per heavy atom. The minimum atomic E-state index is -0.873. The normalized spacial score (nSPS) is 14.8. The summed E-state index contributed by atoms with van der Waals surface area (Å²) in [5, 5.41) is 8.91. The van der Waals surface area contributed by atoms with Gasteiger partial charge in [-0.15, -0.1) is 0 Å². The highest BCUT2D eigenvalue weighted by Crippen LogP contribution is 2.23. The summed E-state index contributed by atoms with van der Waals surface area (Å²) in [6.07, 6.45) is 0.489. The standard InChI is InChI=1S/C11H13BrO2/c1-8-3-5-9(6-4-8)7-11(2,12)10(13)14/h3-6H,7H2,1-2H3,(H,13,14). The molecule has 1 aromatic rings. The monoisotopic (exact) mass is 256 g/mol. The summed E-state index contributed by atoms with van der Waals surface area (Å²) in [5.41, 5.74) is 2.21. The van der Waals surface area contributed by atoms with Crippen molar-refractivity contribution in [3.63, 3.8) is 0 Å². The molecule has 1 atom stereocenters. The number of aryl methyl sites for hydroxylation is 1. The Morgan fingerprint density at radius 3 is 2.36 bits per heavy atom. The molecule has 2 nitrogen and oxygen atoms in total. The van der Waals surface area contributed by atoms with Gasteiger partial charge in [-0.1, -0.05) is 45.8 Å². The largest absolute Gasteiger partial charge is 0.480 e. The van der Waals surface area contributed by atoms with Crippen LogP contribution in [-0.2, 0) is 11.2 Å². The number of carboxylic acid groups (broad SMARTS) is 1. The molecule has 0 aliphatic rings. The molecule has 76 valence electrons. The lowest BCUT2D eigenvalue weighted by Crippen LogP contribution is -2.30. The van der Waals surface area contributed by atoms with Gasteiger partial charge >= 0.3 is 5.97 Å². The van der Waals surface area contributed by atoms with Gasteiger partial charge in [0, 0.05) is 0 Å². The third-order valence-corrected chi connectivity index (χ3v) is 2.72. The number of alkyl halides is 1. The second kappa shape index (κ2) is 4.13. The summed E-state index contributed by atoms with van der Waals surface area (Å²) in [6.45, 7) is 3.67. The average Bonchev–Trinajstić information content (AvgIpc) is 2.08. The highest BCUT2D eigenvalue weighted by atomic mass is 79.9. The lowest BCUT2D eigenvalue weighted by Gasteiger charge is -2.16. The first-order chi connectivity index (χ1) is 6.42. The van der Waals surface area contributed by atoms with Crippen LogP contribution in [0.3, 0.4) is 0 Å². The maximum absolute atomic E-state index is 10.8. The van der Waals surface area contributed by atoms with Crippen molar-refractivity contribution < 1.29 is 9.90 Å². The number of rotatable bonds is 3. The molecule has 0 heterocycles. The van der Waals surface area contributed by atoms with Crippen LogP contribution in [0.15, 0.2) is 24.3 Å². The van der Waals surface area contributed by atoms with Gasteiger partial charge in [0.1, 0.15) is 4.32 Å². The Morgan fingerprint density at radius 1 is 1.43 bits per heavy atom. The summed E-state index contributed by atoms with van der Waals surface area (Å²) in [4.78, 5) is 10.8. The van der Waals surface area contributed by atoms with Crippen LogP contribution in [0.5, 0.6) is 0 Å². The smallest absolute Gasteiger partial charge is 0.320 e. The SMILES string of the molecule is Cc1ccc(CC(C)(Br)C(=O)O)cc1. The first-order valence-electron chi connectivity index (χ1n) is 4.40. The zero-order valence-electron chi connectivity index (χ0n) is 8.25. The van der Waals surface area contributed by atoms with Crippen molar-refractivity contribution in [2.45, 2.75) is 24.6 Å². The van der Waals surface area contributed by atoms with E-state index in [9.17, 15) is 4.79 Å². The zero-order valence-corrected chi connectivity index (χ0v) is 9.84. The van der Waals surface area contributed by atoms with Gasteiger partial charge in [-0.25, -0.2) is 0 Å². The predicted molar refractivity (Wildman–Crippen MR) is 59.9 cm³/mol. The second-order valence-corrected chi connectivity index (χ2v) is 5.42. The van der Waals surface area contributed by atoms with Gasteiger partial charge in [0.25, 0.3) is 0 Å². The Hall–Kier alpha value is -0.830. The average molecular weight is 257 g/mol. The van der Waals surface area contributed by atoms with Crippen LogP contribution in [0.2, 0.25) is 0 Å². The van der Waals surface area contributed by atoms with E-state index in [-0.39, 0.29) is 0 Å². The zero-order chi connectivity index (χ0) is 10.8. The van der Waals surface area contributed by atoms with Gasteiger partial charge in [0.2, 0.25) is 0 Å². The Kier molecular flexibility index (Phi) is 3.32. The van der Waals surface area contributed by atoms with Crippen LogP contribution in [-0.4, -0.2) is 15.4 Å². The first kappa shape index (κ1) is 11.2. The molecule has 0 aliphatic heterocycles. The minimum Gasteiger partial charge on any atom is -0.480 e. The Balaban J connectivity index is 2.79. The second-order valence-electron chi connectivity index (χ2n) is 3.66. The molecule has 0 bridgehead atoms. The number of hydrogen-bond donors (Lipinski definition) is 1. The minimum absolute atomic E-state index is 0.489. The van der Waals surface area contributed by atoms with Crippen LogP contribution < -0.4 is 0 Å². The van der Waals surface area contributed by atoms with Gasteiger partial charge in [0.05, 0.1) is 0 Å². The van der Waals surface area contributed by atoms with Crippen LogP contribution in [0.25, 0.3) is 0 Å². The molecule has 3 heteroatoms. The van der Waals surface area contributed by atoms with E-state index in [2.05, 4.69) is 15.9 Å². The van der Waals surface area contributed by atoms with E-state index in [4.69, 9.17) is 5.11 Å². The van der Waals surface area contributed by atoms with Crippen molar-refractivity contribution in [2.24, 2.45) is 0 Å². The number of benzene rings is 1. The number of hydrogen-bond acceptors (Lipinski definition) is 1. The van der Waals surface area contributed by atoms with Crippen molar-refractivity contribution in [1.29, 1.82) is 0 Å². The highest BCUT2D eigenvalue weighted by Gasteiger charge is 2.29. The molecule has 0 fully saturated rings. The number of carbonyl (C=O) groups is 1. The fourth-order valence-corrected chi connectivity index (χ4v) is 1.49. The van der Waals surface area contributed by atoms with E-state index in [0.717, 1.165) is 5.56 Å². The highest BCUT2D eigenvalue weighted by molar-refractivity contribution is 9.10. The maximum atomic E-state index is 10.8. The van der Waals surface area contributed by atoms with Gasteiger partial charge in [-0.2, -0.15) is 0 Å². The van der Waals surface area contributed by atoms with Crippen molar-refractivity contribution in [1.82, 2.24) is 0 Å². The maximum Gasteiger partial charge on any atom is 0.320 e. The molecule has 0 spiro atoms. The molecule has 14 heavy (non-hydrogen) atoms. The topological polar surface area (TPSA) is 37.3 Å². The fraction of sp³-hybridized carbons (Fsp3) is 0.364.